The van der Waals surface area contributed by atoms with Crippen LogP contribution in [0.2, 0.25) is 5.02 Å². The Balaban J connectivity index is 2.66. The first-order valence-electron chi connectivity index (χ1n) is 4.91. The molecule has 1 nitrogen and oxygen atoms in total. The molecule has 0 aliphatic heterocycles. The first-order valence-corrected chi connectivity index (χ1v) is 5.28. The van der Waals surface area contributed by atoms with Gasteiger partial charge >= 0.3 is 0 Å². The third-order valence-electron chi connectivity index (χ3n) is 2.38. The van der Waals surface area contributed by atoms with E-state index in [0.29, 0.717) is 21.9 Å². The van der Waals surface area contributed by atoms with Crippen molar-refractivity contribution in [3.63, 3.8) is 0 Å². The lowest BCUT2D eigenvalue weighted by molar-refractivity contribution is 0.415. The van der Waals surface area contributed by atoms with Crippen LogP contribution < -0.4 is 4.74 Å². The Bertz CT molecular complexity index is 555. The molecule has 2 aromatic carbocycles. The van der Waals surface area contributed by atoms with Crippen molar-refractivity contribution in [3.05, 3.63) is 53.1 Å². The van der Waals surface area contributed by atoms with Crippen molar-refractivity contribution in [2.45, 2.75) is 0 Å². The molecule has 0 amide bonds. The van der Waals surface area contributed by atoms with Gasteiger partial charge in [0.05, 0.1) is 7.11 Å². The van der Waals surface area contributed by atoms with Gasteiger partial charge in [-0.1, -0.05) is 11.6 Å². The van der Waals surface area contributed by atoms with E-state index in [4.69, 9.17) is 16.3 Å². The van der Waals surface area contributed by atoms with Gasteiger partial charge in [0.15, 0.2) is 0 Å². The Labute approximate surface area is 103 Å². The summed E-state index contributed by atoms with van der Waals surface area (Å²) in [5.74, 6) is -0.421. The maximum atomic E-state index is 13.2. The summed E-state index contributed by atoms with van der Waals surface area (Å²) in [6.07, 6.45) is 0. The molecule has 4 heteroatoms. The van der Waals surface area contributed by atoms with Crippen LogP contribution in [0.25, 0.3) is 11.1 Å². The van der Waals surface area contributed by atoms with Crippen molar-refractivity contribution in [1.82, 2.24) is 0 Å². The predicted octanol–water partition coefficient (Wildman–Crippen LogP) is 4.29. The van der Waals surface area contributed by atoms with Crippen molar-refractivity contribution in [2.75, 3.05) is 7.11 Å². The van der Waals surface area contributed by atoms with Crippen molar-refractivity contribution >= 4 is 11.6 Å². The zero-order valence-corrected chi connectivity index (χ0v) is 9.76. The third kappa shape index (κ3) is 2.39. The molecule has 0 aliphatic rings. The normalized spacial score (nSPS) is 10.4. The van der Waals surface area contributed by atoms with Crippen LogP contribution in [0.15, 0.2) is 36.4 Å². The van der Waals surface area contributed by atoms with Gasteiger partial charge in [0.1, 0.15) is 17.4 Å². The van der Waals surface area contributed by atoms with Gasteiger partial charge in [-0.3, -0.25) is 0 Å². The van der Waals surface area contributed by atoms with Crippen LogP contribution in [0, 0.1) is 11.6 Å². The number of benzene rings is 2. The first-order chi connectivity index (χ1) is 8.11. The third-order valence-corrected chi connectivity index (χ3v) is 2.71. The van der Waals surface area contributed by atoms with Crippen LogP contribution in [-0.4, -0.2) is 7.11 Å². The van der Waals surface area contributed by atoms with E-state index in [0.717, 1.165) is 0 Å². The van der Waals surface area contributed by atoms with Crippen LogP contribution in [0.5, 0.6) is 5.75 Å². The summed E-state index contributed by atoms with van der Waals surface area (Å²) in [6.45, 7) is 0. The molecule has 0 aromatic heterocycles. The molecule has 88 valence electrons. The van der Waals surface area contributed by atoms with Crippen molar-refractivity contribution in [1.29, 1.82) is 0 Å². The molecule has 2 aromatic rings. The highest BCUT2D eigenvalue weighted by atomic mass is 35.5. The fraction of sp³-hybridized carbons (Fsp3) is 0.0769. The number of rotatable bonds is 2. The molecule has 0 bridgehead atoms. The van der Waals surface area contributed by atoms with E-state index >= 15 is 0 Å². The van der Waals surface area contributed by atoms with Crippen molar-refractivity contribution in [2.24, 2.45) is 0 Å². The number of methoxy groups -OCH3 is 1. The molecule has 0 fully saturated rings. The monoisotopic (exact) mass is 254 g/mol. The fourth-order valence-corrected chi connectivity index (χ4v) is 1.81. The molecular formula is C13H9ClF2O. The SMILES string of the molecule is COc1ccc(F)cc1-c1cc(F)ccc1Cl. The molecule has 0 atom stereocenters. The minimum absolute atomic E-state index is 0.343. The Kier molecular flexibility index (Phi) is 3.29. The summed E-state index contributed by atoms with van der Waals surface area (Å²) >= 11 is 5.97. The molecule has 17 heavy (non-hydrogen) atoms. The lowest BCUT2D eigenvalue weighted by atomic mass is 10.0. The summed E-state index contributed by atoms with van der Waals surface area (Å²) in [5.41, 5.74) is 0.833. The van der Waals surface area contributed by atoms with Gasteiger partial charge in [-0.25, -0.2) is 8.78 Å². The summed E-state index contributed by atoms with van der Waals surface area (Å²) < 4.78 is 31.5. The molecular weight excluding hydrogens is 246 g/mol. The highest BCUT2D eigenvalue weighted by Crippen LogP contribution is 2.35. The van der Waals surface area contributed by atoms with E-state index in [1.165, 1.54) is 43.5 Å². The van der Waals surface area contributed by atoms with Crippen LogP contribution in [0.4, 0.5) is 8.78 Å². The summed E-state index contributed by atoms with van der Waals surface area (Å²) in [6, 6.07) is 7.94. The molecule has 2 rings (SSSR count). The summed E-state index contributed by atoms with van der Waals surface area (Å²) in [4.78, 5) is 0. The minimum atomic E-state index is -0.435. The first kappa shape index (κ1) is 11.9. The standard InChI is InChI=1S/C13H9ClF2O/c1-17-13-5-3-9(16)7-11(13)10-6-8(15)2-4-12(10)14/h2-7H,1H3. The number of hydrogen-bond donors (Lipinski definition) is 0. The van der Waals surface area contributed by atoms with E-state index < -0.39 is 11.6 Å². The number of hydrogen-bond acceptors (Lipinski definition) is 1. The maximum absolute atomic E-state index is 13.2. The lowest BCUT2D eigenvalue weighted by Gasteiger charge is -2.10. The van der Waals surface area contributed by atoms with Crippen LogP contribution in [0.3, 0.4) is 0 Å². The maximum Gasteiger partial charge on any atom is 0.126 e. The van der Waals surface area contributed by atoms with Gasteiger partial charge in [-0.2, -0.15) is 0 Å². The van der Waals surface area contributed by atoms with Crippen LogP contribution >= 0.6 is 11.6 Å². The van der Waals surface area contributed by atoms with Crippen LogP contribution in [0.1, 0.15) is 0 Å². The van der Waals surface area contributed by atoms with Gasteiger partial charge in [-0.05, 0) is 36.4 Å². The van der Waals surface area contributed by atoms with E-state index in [1.54, 1.807) is 0 Å². The number of ether oxygens (including phenoxy) is 1. The summed E-state index contributed by atoms with van der Waals surface area (Å²) in [7, 11) is 1.46. The van der Waals surface area contributed by atoms with Crippen molar-refractivity contribution in [3.8, 4) is 16.9 Å². The van der Waals surface area contributed by atoms with E-state index in [9.17, 15) is 8.78 Å². The second-order valence-electron chi connectivity index (χ2n) is 3.47. The molecule has 0 N–H and O–H groups in total. The Morgan fingerprint density at radius 3 is 2.18 bits per heavy atom. The molecule has 0 aliphatic carbocycles. The molecule has 0 saturated carbocycles. The molecule has 0 radical (unpaired) electrons. The van der Waals surface area contributed by atoms with Gasteiger partial charge in [0, 0.05) is 16.1 Å². The Hall–Kier alpha value is -1.61. The van der Waals surface area contributed by atoms with E-state index in [-0.39, 0.29) is 0 Å². The van der Waals surface area contributed by atoms with Gasteiger partial charge in [-0.15, -0.1) is 0 Å². The second-order valence-corrected chi connectivity index (χ2v) is 3.88. The Morgan fingerprint density at radius 1 is 0.941 bits per heavy atom. The average Bonchev–Trinajstić information content (AvgIpc) is 2.32. The van der Waals surface area contributed by atoms with Gasteiger partial charge in [0.25, 0.3) is 0 Å². The largest absolute Gasteiger partial charge is 0.496 e. The lowest BCUT2D eigenvalue weighted by Crippen LogP contribution is -1.90. The zero-order chi connectivity index (χ0) is 12.4. The number of halogens is 3. The highest BCUT2D eigenvalue weighted by molar-refractivity contribution is 6.33. The average molecular weight is 255 g/mol. The quantitative estimate of drug-likeness (QED) is 0.777. The molecule has 0 heterocycles. The predicted molar refractivity (Wildman–Crippen MR) is 63.4 cm³/mol. The van der Waals surface area contributed by atoms with E-state index in [2.05, 4.69) is 0 Å². The zero-order valence-electron chi connectivity index (χ0n) is 9.01. The van der Waals surface area contributed by atoms with Gasteiger partial charge in [0.2, 0.25) is 0 Å². The van der Waals surface area contributed by atoms with Gasteiger partial charge < -0.3 is 4.74 Å². The van der Waals surface area contributed by atoms with Crippen molar-refractivity contribution < 1.29 is 13.5 Å². The molecule has 0 spiro atoms. The smallest absolute Gasteiger partial charge is 0.126 e. The summed E-state index contributed by atoms with van der Waals surface area (Å²) in [5, 5.41) is 0.343. The molecule has 0 saturated heterocycles. The topological polar surface area (TPSA) is 9.23 Å². The highest BCUT2D eigenvalue weighted by Gasteiger charge is 2.11. The molecule has 0 unspecified atom stereocenters. The second kappa shape index (κ2) is 4.72. The minimum Gasteiger partial charge on any atom is -0.496 e. The fourth-order valence-electron chi connectivity index (χ4n) is 1.59. The Morgan fingerprint density at radius 2 is 1.53 bits per heavy atom. The van der Waals surface area contributed by atoms with Crippen LogP contribution in [-0.2, 0) is 0 Å². The van der Waals surface area contributed by atoms with E-state index in [1.807, 2.05) is 0 Å².